The van der Waals surface area contributed by atoms with Crippen LogP contribution in [0.4, 0.5) is 37.7 Å². The Bertz CT molecular complexity index is 4090. The van der Waals surface area contributed by atoms with Gasteiger partial charge in [-0.2, -0.15) is 26.3 Å². The van der Waals surface area contributed by atoms with Gasteiger partial charge in [-0.3, -0.25) is 43.3 Å². The number of imide groups is 2. The van der Waals surface area contributed by atoms with Gasteiger partial charge in [-0.1, -0.05) is 77.1 Å². The molecule has 0 aliphatic carbocycles. The molecule has 6 aromatic rings. The quantitative estimate of drug-likeness (QED) is 0.0300. The number of fused-ring (bicyclic) bond motifs is 2. The number of aliphatic hydroxyl groups is 1. The first-order valence-electron chi connectivity index (χ1n) is 29.5. The van der Waals surface area contributed by atoms with Crippen LogP contribution in [-0.4, -0.2) is 120 Å². The van der Waals surface area contributed by atoms with Crippen LogP contribution in [0.15, 0.2) is 97.1 Å². The zero-order valence-corrected chi connectivity index (χ0v) is 53.8. The molecule has 92 heavy (non-hydrogen) atoms. The van der Waals surface area contributed by atoms with Crippen molar-refractivity contribution in [1.29, 1.82) is 0 Å². The number of esters is 1. The van der Waals surface area contributed by atoms with E-state index in [4.69, 9.17) is 4.74 Å². The molecule has 6 aromatic carbocycles. The molecule has 0 saturated heterocycles. The number of carbonyl (C=O) groups excluding carboxylic acids is 9. The summed E-state index contributed by atoms with van der Waals surface area (Å²) in [5.74, 6) is -10.9. The monoisotopic (exact) mass is 1270 g/mol. The van der Waals surface area contributed by atoms with E-state index in [1.165, 1.54) is 25.1 Å². The highest BCUT2D eigenvalue weighted by Gasteiger charge is 2.54. The Balaban J connectivity index is 1.12. The lowest BCUT2D eigenvalue weighted by Crippen LogP contribution is -2.58. The average molecular weight is 1270 g/mol. The third kappa shape index (κ3) is 12.3. The minimum Gasteiger partial charge on any atom is -0.462 e. The van der Waals surface area contributed by atoms with Crippen LogP contribution in [0.5, 0.6) is 0 Å². The third-order valence-corrected chi connectivity index (χ3v) is 18.1. The smallest absolute Gasteiger partial charge is 0.399 e. The van der Waals surface area contributed by atoms with E-state index >= 15 is 26.3 Å². The first kappa shape index (κ1) is 68.8. The normalized spacial score (nSPS) is 14.5. The van der Waals surface area contributed by atoms with Crippen LogP contribution in [-0.2, 0) is 15.6 Å². The van der Waals surface area contributed by atoms with Gasteiger partial charge in [0.1, 0.15) is 11.8 Å². The Morgan fingerprint density at radius 1 is 0.576 bits per heavy atom. The summed E-state index contributed by atoms with van der Waals surface area (Å²) < 4.78 is 98.5. The number of nitrogens with zero attached hydrogens (tertiary/aromatic N) is 4. The molecular weight excluding hydrogens is 1200 g/mol. The lowest BCUT2D eigenvalue weighted by molar-refractivity contribution is -0.142. The number of rotatable bonds is 17. The van der Waals surface area contributed by atoms with Crippen LogP contribution in [0, 0.1) is 20.8 Å². The maximum atomic E-state index is 15.7. The summed E-state index contributed by atoms with van der Waals surface area (Å²) in [6.45, 7) is 21.9. The largest absolute Gasteiger partial charge is 0.462 e. The van der Waals surface area contributed by atoms with E-state index < -0.39 is 115 Å². The standard InChI is InChI=1S/C71H72F6N4O11/c1-37-27-38(2)58(80-61(87)49-23-21-42(32-53(49)62(80)88)57(71(75,76)77)41-18-20-45(36-84)52(31-41)60(86)79(15)67(7,8)9)39(3)55(37)68(10,11)69(12,13)81-63(89)50-24-22-43(33-54(50)64(81)90)56(70(72,73)74)40-17-19-44(35-83)51(30-40)59(85)78(14)48-29-46(65(91)92-26-16-25-82)28-47(34-48)66(4,5)6/h17-24,27-36,56-57,82H,16,25-26H2,1-15H3. The van der Waals surface area contributed by atoms with Gasteiger partial charge in [-0.25, -0.2) is 9.69 Å². The van der Waals surface area contributed by atoms with E-state index in [9.17, 15) is 48.3 Å². The van der Waals surface area contributed by atoms with Crippen molar-refractivity contribution in [3.63, 3.8) is 0 Å². The number of hydrogen-bond acceptors (Lipinski definition) is 11. The number of ether oxygens (including phenoxy) is 1. The summed E-state index contributed by atoms with van der Waals surface area (Å²) in [6.07, 6.45) is -9.26. The topological polar surface area (TPSA) is 196 Å². The average Bonchev–Trinajstić information content (AvgIpc) is 1.47. The predicted molar refractivity (Wildman–Crippen MR) is 333 cm³/mol. The Hall–Kier alpha value is -9.11. The van der Waals surface area contributed by atoms with Crippen molar-refractivity contribution in [3.8, 4) is 0 Å². The number of aliphatic hydroxyl groups excluding tert-OH is 1. The summed E-state index contributed by atoms with van der Waals surface area (Å²) in [4.78, 5) is 129. The van der Waals surface area contributed by atoms with Crippen molar-refractivity contribution in [2.75, 3.05) is 37.1 Å². The van der Waals surface area contributed by atoms with Crippen molar-refractivity contribution in [1.82, 2.24) is 9.80 Å². The molecule has 2 aliphatic rings. The zero-order chi connectivity index (χ0) is 68.6. The minimum atomic E-state index is -5.10. The third-order valence-electron chi connectivity index (χ3n) is 18.1. The van der Waals surface area contributed by atoms with Crippen molar-refractivity contribution in [2.24, 2.45) is 0 Å². The molecule has 2 heterocycles. The molecule has 8 rings (SSSR count). The number of carbonyl (C=O) groups is 9. The number of halogens is 6. The Labute approximate surface area is 529 Å². The van der Waals surface area contributed by atoms with Crippen molar-refractivity contribution >= 4 is 65.4 Å². The van der Waals surface area contributed by atoms with Gasteiger partial charge in [-0.05, 0) is 165 Å². The molecule has 484 valence electrons. The molecule has 21 heteroatoms. The molecule has 0 aromatic heterocycles. The fourth-order valence-corrected chi connectivity index (χ4v) is 12.3. The number of aldehydes is 2. The molecule has 2 unspecified atom stereocenters. The summed E-state index contributed by atoms with van der Waals surface area (Å²) >= 11 is 0. The van der Waals surface area contributed by atoms with Crippen LogP contribution in [0.3, 0.4) is 0 Å². The van der Waals surface area contributed by atoms with Gasteiger partial charge < -0.3 is 19.6 Å². The lowest BCUT2D eigenvalue weighted by atomic mass is 9.65. The Morgan fingerprint density at radius 2 is 1.03 bits per heavy atom. The number of benzene rings is 6. The van der Waals surface area contributed by atoms with Gasteiger partial charge >= 0.3 is 18.3 Å². The number of aryl methyl sites for hydroxylation is 2. The van der Waals surface area contributed by atoms with Crippen LogP contribution >= 0.6 is 0 Å². The first-order chi connectivity index (χ1) is 42.6. The van der Waals surface area contributed by atoms with E-state index in [2.05, 4.69) is 0 Å². The van der Waals surface area contributed by atoms with E-state index in [1.807, 2.05) is 20.8 Å². The van der Waals surface area contributed by atoms with Gasteiger partial charge in [0.05, 0.1) is 56.8 Å². The summed E-state index contributed by atoms with van der Waals surface area (Å²) in [5.41, 5.74) is -5.69. The first-order valence-corrected chi connectivity index (χ1v) is 29.5. The fourth-order valence-electron chi connectivity index (χ4n) is 12.3. The fraction of sp³-hybridized carbons (Fsp3) is 0.366. The maximum Gasteiger partial charge on any atom is 0.399 e. The van der Waals surface area contributed by atoms with E-state index in [0.29, 0.717) is 40.4 Å². The predicted octanol–water partition coefficient (Wildman–Crippen LogP) is 13.8. The number of alkyl halides is 6. The lowest BCUT2D eigenvalue weighted by Gasteiger charge is -2.48. The van der Waals surface area contributed by atoms with Crippen LogP contribution < -0.4 is 9.80 Å². The summed E-state index contributed by atoms with van der Waals surface area (Å²) in [5, 5.41) is 9.21. The highest BCUT2D eigenvalue weighted by Crippen LogP contribution is 2.50. The van der Waals surface area contributed by atoms with Crippen LogP contribution in [0.25, 0.3) is 0 Å². The molecule has 6 amide bonds. The Kier molecular flexibility index (Phi) is 18.3. The second-order valence-corrected chi connectivity index (χ2v) is 26.6. The van der Waals surface area contributed by atoms with Gasteiger partial charge in [0.2, 0.25) is 0 Å². The number of anilines is 2. The molecule has 0 fully saturated rings. The SMILES string of the molecule is Cc1cc(C)c(C(C)(C)C(C)(C)N2C(=O)c3ccc(C(c4ccc(C=O)c(C(=O)N(C)c5cc(C(=O)OCCCO)cc(C(C)(C)C)c5)c4)C(F)(F)F)cc3C2=O)c(C)c1N1C(=O)c2ccc(C(c3ccc(C=O)c(C(=O)N(C)C(C)(C)C)c3)C(F)(F)F)cc2C1=O. The molecule has 0 saturated carbocycles. The highest BCUT2D eigenvalue weighted by atomic mass is 19.4. The van der Waals surface area contributed by atoms with Gasteiger partial charge in [0.25, 0.3) is 35.4 Å². The number of hydrogen-bond donors (Lipinski definition) is 1. The Morgan fingerprint density at radius 3 is 1.51 bits per heavy atom. The molecule has 15 nitrogen and oxygen atoms in total. The second kappa shape index (κ2) is 24.5. The zero-order valence-electron chi connectivity index (χ0n) is 53.8. The molecule has 0 radical (unpaired) electrons. The molecule has 0 spiro atoms. The van der Waals surface area contributed by atoms with Crippen molar-refractivity contribution in [2.45, 2.75) is 143 Å². The molecule has 1 N–H and O–H groups in total. The maximum absolute atomic E-state index is 15.7. The summed E-state index contributed by atoms with van der Waals surface area (Å²) in [6, 6.07) is 18.8. The molecule has 0 bridgehead atoms. The van der Waals surface area contributed by atoms with E-state index in [0.717, 1.165) is 87.5 Å². The number of amides is 6. The van der Waals surface area contributed by atoms with Gasteiger partial charge in [0, 0.05) is 54.9 Å². The van der Waals surface area contributed by atoms with E-state index in [-0.39, 0.29) is 75.5 Å². The van der Waals surface area contributed by atoms with Gasteiger partial charge in [0.15, 0.2) is 12.6 Å². The highest BCUT2D eigenvalue weighted by molar-refractivity contribution is 6.35. The summed E-state index contributed by atoms with van der Waals surface area (Å²) in [7, 11) is 2.78. The minimum absolute atomic E-state index is 0.0545. The van der Waals surface area contributed by atoms with Crippen LogP contribution in [0.2, 0.25) is 0 Å². The van der Waals surface area contributed by atoms with Crippen LogP contribution in [0.1, 0.15) is 231 Å². The van der Waals surface area contributed by atoms with Crippen molar-refractivity contribution in [3.05, 3.63) is 197 Å². The van der Waals surface area contributed by atoms with Crippen molar-refractivity contribution < 1.29 is 79.3 Å². The van der Waals surface area contributed by atoms with Gasteiger partial charge in [-0.15, -0.1) is 0 Å². The molecule has 2 aliphatic heterocycles. The van der Waals surface area contributed by atoms with E-state index in [1.54, 1.807) is 87.4 Å². The molecule has 2 atom stereocenters. The molecular formula is C71H72F6N4O11. The second-order valence-electron chi connectivity index (χ2n) is 26.6.